The lowest BCUT2D eigenvalue weighted by Gasteiger charge is -2.09. The SMILES string of the molecule is CCCCOC(=O)c1cc(-n2nc(C)c(Cl)c2C)ccc1Cl. The summed E-state index contributed by atoms with van der Waals surface area (Å²) in [5, 5.41) is 5.35. The number of benzene rings is 1. The number of hydrogen-bond donors (Lipinski definition) is 0. The van der Waals surface area contributed by atoms with Crippen LogP contribution in [0.25, 0.3) is 5.69 Å². The molecule has 1 aromatic heterocycles. The topological polar surface area (TPSA) is 44.1 Å². The van der Waals surface area contributed by atoms with Gasteiger partial charge in [-0.05, 0) is 38.5 Å². The number of hydrogen-bond acceptors (Lipinski definition) is 3. The van der Waals surface area contributed by atoms with Crippen molar-refractivity contribution in [2.75, 3.05) is 6.61 Å². The zero-order valence-corrected chi connectivity index (χ0v) is 14.3. The van der Waals surface area contributed by atoms with Gasteiger partial charge in [-0.25, -0.2) is 9.48 Å². The predicted octanol–water partition coefficient (Wildman–Crippen LogP) is 4.75. The number of halogens is 2. The van der Waals surface area contributed by atoms with E-state index in [-0.39, 0.29) is 0 Å². The molecule has 2 rings (SSSR count). The van der Waals surface area contributed by atoms with Crippen LogP contribution < -0.4 is 0 Å². The van der Waals surface area contributed by atoms with Gasteiger partial charge in [0.15, 0.2) is 0 Å². The molecule has 0 fully saturated rings. The highest BCUT2D eigenvalue weighted by molar-refractivity contribution is 6.33. The maximum absolute atomic E-state index is 12.1. The molecule has 0 amide bonds. The molecule has 2 aromatic rings. The number of nitrogens with zero attached hydrogens (tertiary/aromatic N) is 2. The van der Waals surface area contributed by atoms with Crippen LogP contribution in [0, 0.1) is 13.8 Å². The van der Waals surface area contributed by atoms with Crippen LogP contribution >= 0.6 is 23.2 Å². The van der Waals surface area contributed by atoms with Crippen molar-refractivity contribution in [3.8, 4) is 5.69 Å². The summed E-state index contributed by atoms with van der Waals surface area (Å²) < 4.78 is 6.91. The van der Waals surface area contributed by atoms with E-state index in [0.29, 0.717) is 22.2 Å². The Hall–Kier alpha value is -1.52. The molecule has 0 radical (unpaired) electrons. The summed E-state index contributed by atoms with van der Waals surface area (Å²) in [7, 11) is 0. The van der Waals surface area contributed by atoms with E-state index in [9.17, 15) is 4.79 Å². The molecule has 22 heavy (non-hydrogen) atoms. The molecule has 6 heteroatoms. The molecule has 0 aliphatic carbocycles. The van der Waals surface area contributed by atoms with E-state index in [0.717, 1.165) is 29.9 Å². The van der Waals surface area contributed by atoms with Crippen LogP contribution in [0.15, 0.2) is 18.2 Å². The summed E-state index contributed by atoms with van der Waals surface area (Å²) in [6, 6.07) is 5.13. The minimum atomic E-state index is -0.423. The van der Waals surface area contributed by atoms with Crippen molar-refractivity contribution in [3.63, 3.8) is 0 Å². The summed E-state index contributed by atoms with van der Waals surface area (Å²) >= 11 is 12.3. The van der Waals surface area contributed by atoms with Crippen LogP contribution in [0.5, 0.6) is 0 Å². The molecular formula is C16H18Cl2N2O2. The van der Waals surface area contributed by atoms with Gasteiger partial charge in [0.25, 0.3) is 0 Å². The number of esters is 1. The van der Waals surface area contributed by atoms with Crippen molar-refractivity contribution in [1.82, 2.24) is 9.78 Å². The van der Waals surface area contributed by atoms with Crippen molar-refractivity contribution in [2.24, 2.45) is 0 Å². The zero-order chi connectivity index (χ0) is 16.3. The Kier molecular flexibility index (Phi) is 5.48. The smallest absolute Gasteiger partial charge is 0.339 e. The summed E-state index contributed by atoms with van der Waals surface area (Å²) in [5.41, 5.74) is 2.60. The summed E-state index contributed by atoms with van der Waals surface area (Å²) in [5.74, 6) is -0.423. The molecule has 0 atom stereocenters. The maximum atomic E-state index is 12.1. The van der Waals surface area contributed by atoms with E-state index in [4.69, 9.17) is 27.9 Å². The number of aryl methyl sites for hydroxylation is 1. The molecule has 0 saturated carbocycles. The first-order valence-electron chi connectivity index (χ1n) is 7.14. The number of aromatic nitrogens is 2. The quantitative estimate of drug-likeness (QED) is 0.582. The second-order valence-corrected chi connectivity index (χ2v) is 5.84. The number of carbonyl (C=O) groups is 1. The Morgan fingerprint density at radius 3 is 2.64 bits per heavy atom. The Bertz CT molecular complexity index is 696. The van der Waals surface area contributed by atoms with Gasteiger partial charge in [0.05, 0.1) is 39.3 Å². The van der Waals surface area contributed by atoms with Crippen LogP contribution in [0.2, 0.25) is 10.0 Å². The van der Waals surface area contributed by atoms with E-state index < -0.39 is 5.97 Å². The molecule has 0 aliphatic heterocycles. The lowest BCUT2D eigenvalue weighted by molar-refractivity contribution is 0.0500. The zero-order valence-electron chi connectivity index (χ0n) is 12.8. The highest BCUT2D eigenvalue weighted by Crippen LogP contribution is 2.25. The maximum Gasteiger partial charge on any atom is 0.339 e. The molecular weight excluding hydrogens is 323 g/mol. The van der Waals surface area contributed by atoms with Crippen molar-refractivity contribution < 1.29 is 9.53 Å². The number of carbonyl (C=O) groups excluding carboxylic acids is 1. The minimum absolute atomic E-state index is 0.332. The normalized spacial score (nSPS) is 10.8. The lowest BCUT2D eigenvalue weighted by Crippen LogP contribution is -2.09. The van der Waals surface area contributed by atoms with Gasteiger partial charge in [-0.1, -0.05) is 36.5 Å². The van der Waals surface area contributed by atoms with Gasteiger partial charge < -0.3 is 4.74 Å². The fourth-order valence-corrected chi connectivity index (χ4v) is 2.38. The second-order valence-electron chi connectivity index (χ2n) is 5.05. The van der Waals surface area contributed by atoms with Crippen LogP contribution in [0.4, 0.5) is 0 Å². The summed E-state index contributed by atoms with van der Waals surface area (Å²) in [6.07, 6.45) is 1.79. The van der Waals surface area contributed by atoms with Crippen LogP contribution in [0.1, 0.15) is 41.5 Å². The van der Waals surface area contributed by atoms with Crippen molar-refractivity contribution >= 4 is 29.2 Å². The van der Waals surface area contributed by atoms with Gasteiger partial charge >= 0.3 is 5.97 Å². The van der Waals surface area contributed by atoms with Crippen LogP contribution in [-0.2, 0) is 4.74 Å². The number of rotatable bonds is 5. The molecule has 0 spiro atoms. The monoisotopic (exact) mass is 340 g/mol. The average Bonchev–Trinajstić information content (AvgIpc) is 2.75. The fraction of sp³-hybridized carbons (Fsp3) is 0.375. The number of ether oxygens (including phenoxy) is 1. The Morgan fingerprint density at radius 2 is 2.05 bits per heavy atom. The average molecular weight is 341 g/mol. The van der Waals surface area contributed by atoms with E-state index in [1.807, 2.05) is 20.8 Å². The third kappa shape index (κ3) is 3.45. The minimum Gasteiger partial charge on any atom is -0.462 e. The third-order valence-electron chi connectivity index (χ3n) is 3.35. The highest BCUT2D eigenvalue weighted by Gasteiger charge is 2.16. The molecule has 118 valence electrons. The second kappa shape index (κ2) is 7.16. The Labute approximate surface area is 140 Å². The Morgan fingerprint density at radius 1 is 1.32 bits per heavy atom. The first kappa shape index (κ1) is 16.8. The highest BCUT2D eigenvalue weighted by atomic mass is 35.5. The van der Waals surface area contributed by atoms with Gasteiger partial charge in [-0.2, -0.15) is 5.10 Å². The molecule has 0 bridgehead atoms. The molecule has 1 heterocycles. The van der Waals surface area contributed by atoms with Crippen LogP contribution in [-0.4, -0.2) is 22.4 Å². The van der Waals surface area contributed by atoms with Crippen molar-refractivity contribution in [1.29, 1.82) is 0 Å². The molecule has 0 N–H and O–H groups in total. The standard InChI is InChI=1S/C16H18Cl2N2O2/c1-4-5-8-22-16(21)13-9-12(6-7-14(13)17)20-11(3)15(18)10(2)19-20/h6-7,9H,4-5,8H2,1-3H3. The van der Waals surface area contributed by atoms with E-state index in [1.54, 1.807) is 22.9 Å². The summed E-state index contributed by atoms with van der Waals surface area (Å²) in [6.45, 7) is 6.13. The van der Waals surface area contributed by atoms with Crippen LogP contribution in [0.3, 0.4) is 0 Å². The van der Waals surface area contributed by atoms with E-state index >= 15 is 0 Å². The van der Waals surface area contributed by atoms with Crippen molar-refractivity contribution in [3.05, 3.63) is 45.2 Å². The van der Waals surface area contributed by atoms with Crippen molar-refractivity contribution in [2.45, 2.75) is 33.6 Å². The van der Waals surface area contributed by atoms with Gasteiger partial charge in [0.2, 0.25) is 0 Å². The number of unbranched alkanes of at least 4 members (excludes halogenated alkanes) is 1. The summed E-state index contributed by atoms with van der Waals surface area (Å²) in [4.78, 5) is 12.1. The molecule has 4 nitrogen and oxygen atoms in total. The Balaban J connectivity index is 2.34. The van der Waals surface area contributed by atoms with E-state index in [2.05, 4.69) is 5.10 Å². The molecule has 0 saturated heterocycles. The largest absolute Gasteiger partial charge is 0.462 e. The van der Waals surface area contributed by atoms with Gasteiger partial charge in [0.1, 0.15) is 0 Å². The lowest BCUT2D eigenvalue weighted by atomic mass is 10.2. The molecule has 0 unspecified atom stereocenters. The fourth-order valence-electron chi connectivity index (χ4n) is 2.06. The molecule has 1 aromatic carbocycles. The first-order chi connectivity index (χ1) is 10.5. The van der Waals surface area contributed by atoms with Gasteiger partial charge in [-0.15, -0.1) is 0 Å². The van der Waals surface area contributed by atoms with E-state index in [1.165, 1.54) is 0 Å². The third-order valence-corrected chi connectivity index (χ3v) is 4.23. The van der Waals surface area contributed by atoms with Gasteiger partial charge in [0, 0.05) is 0 Å². The molecule has 0 aliphatic rings. The first-order valence-corrected chi connectivity index (χ1v) is 7.90. The predicted molar refractivity (Wildman–Crippen MR) is 88.2 cm³/mol. The van der Waals surface area contributed by atoms with Gasteiger partial charge in [-0.3, -0.25) is 0 Å².